The highest BCUT2D eigenvalue weighted by Gasteiger charge is 2.11. The second-order valence-electron chi connectivity index (χ2n) is 4.03. The maximum Gasteiger partial charge on any atom is 0.330 e. The number of hydrogen-bond donors (Lipinski definition) is 1. The van der Waals surface area contributed by atoms with Crippen molar-refractivity contribution in [1.29, 1.82) is 0 Å². The first-order chi connectivity index (χ1) is 10.1. The van der Waals surface area contributed by atoms with Crippen LogP contribution in [0.1, 0.15) is 13.3 Å². The van der Waals surface area contributed by atoms with E-state index < -0.39 is 5.82 Å². The van der Waals surface area contributed by atoms with E-state index in [1.807, 2.05) is 6.92 Å². The van der Waals surface area contributed by atoms with Crippen LogP contribution in [0.5, 0.6) is 17.8 Å². The maximum atomic E-state index is 13.3. The van der Waals surface area contributed by atoms with Crippen molar-refractivity contribution in [1.82, 2.24) is 15.0 Å². The van der Waals surface area contributed by atoms with Gasteiger partial charge in [-0.1, -0.05) is 6.92 Å². The van der Waals surface area contributed by atoms with Crippen molar-refractivity contribution in [2.75, 3.05) is 19.0 Å². The minimum atomic E-state index is -0.418. The molecule has 6 nitrogen and oxygen atoms in total. The van der Waals surface area contributed by atoms with E-state index in [-0.39, 0.29) is 17.8 Å². The van der Waals surface area contributed by atoms with E-state index in [4.69, 9.17) is 9.47 Å². The van der Waals surface area contributed by atoms with Crippen molar-refractivity contribution in [2.24, 2.45) is 0 Å². The molecule has 21 heavy (non-hydrogen) atoms. The number of aromatic nitrogens is 3. The average Bonchev–Trinajstić information content (AvgIpc) is 2.48. The summed E-state index contributed by atoms with van der Waals surface area (Å²) in [6.45, 7) is 2.73. The third kappa shape index (κ3) is 4.25. The standard InChI is InChI=1S/C13H14BrFN4O2/c1-3-6-16-11-17-12(20-2)19-13(18-11)21-10-7-8(15)4-5-9(10)14/h4-5,7H,3,6H2,1-2H3,(H,16,17,18,19). The zero-order valence-corrected chi connectivity index (χ0v) is 13.1. The molecular weight excluding hydrogens is 343 g/mol. The van der Waals surface area contributed by atoms with Gasteiger partial charge in [0.2, 0.25) is 5.95 Å². The van der Waals surface area contributed by atoms with Gasteiger partial charge in [0.1, 0.15) is 11.6 Å². The molecule has 0 unspecified atom stereocenters. The Morgan fingerprint density at radius 1 is 1.24 bits per heavy atom. The monoisotopic (exact) mass is 356 g/mol. The molecule has 0 aliphatic rings. The zero-order valence-electron chi connectivity index (χ0n) is 11.6. The van der Waals surface area contributed by atoms with Crippen LogP contribution in [-0.4, -0.2) is 28.6 Å². The number of benzene rings is 1. The van der Waals surface area contributed by atoms with Gasteiger partial charge in [0.15, 0.2) is 0 Å². The Labute approximate surface area is 129 Å². The van der Waals surface area contributed by atoms with Gasteiger partial charge in [-0.25, -0.2) is 4.39 Å². The van der Waals surface area contributed by atoms with Gasteiger partial charge in [0.25, 0.3) is 0 Å². The lowest BCUT2D eigenvalue weighted by molar-refractivity contribution is 0.359. The number of ether oxygens (including phenoxy) is 2. The third-order valence-corrected chi connectivity index (χ3v) is 3.06. The van der Waals surface area contributed by atoms with E-state index >= 15 is 0 Å². The summed E-state index contributed by atoms with van der Waals surface area (Å²) < 4.78 is 24.3. The Morgan fingerprint density at radius 2 is 2.00 bits per heavy atom. The quantitative estimate of drug-likeness (QED) is 0.855. The minimum Gasteiger partial charge on any atom is -0.467 e. The summed E-state index contributed by atoms with van der Waals surface area (Å²) in [6.07, 6.45) is 0.916. The molecule has 0 bridgehead atoms. The molecular formula is C13H14BrFN4O2. The van der Waals surface area contributed by atoms with Crippen LogP contribution < -0.4 is 14.8 Å². The second kappa shape index (κ2) is 7.16. The molecule has 0 saturated carbocycles. The number of nitrogens with one attached hydrogen (secondary N) is 1. The molecule has 0 amide bonds. The number of rotatable bonds is 6. The molecule has 2 rings (SSSR count). The van der Waals surface area contributed by atoms with Crippen LogP contribution >= 0.6 is 15.9 Å². The van der Waals surface area contributed by atoms with Crippen LogP contribution in [0.4, 0.5) is 10.3 Å². The zero-order chi connectivity index (χ0) is 15.2. The van der Waals surface area contributed by atoms with Gasteiger partial charge < -0.3 is 14.8 Å². The van der Waals surface area contributed by atoms with Gasteiger partial charge in [-0.3, -0.25) is 0 Å². The van der Waals surface area contributed by atoms with Crippen LogP contribution in [-0.2, 0) is 0 Å². The average molecular weight is 357 g/mol. The topological polar surface area (TPSA) is 69.2 Å². The first-order valence-electron chi connectivity index (χ1n) is 6.29. The summed E-state index contributed by atoms with van der Waals surface area (Å²) in [5, 5.41) is 3.01. The molecule has 1 N–H and O–H groups in total. The number of halogens is 2. The number of hydrogen-bond acceptors (Lipinski definition) is 6. The summed E-state index contributed by atoms with van der Waals surface area (Å²) >= 11 is 3.27. The first-order valence-corrected chi connectivity index (χ1v) is 7.08. The van der Waals surface area contributed by atoms with Crippen molar-refractivity contribution in [3.63, 3.8) is 0 Å². The molecule has 2 aromatic rings. The van der Waals surface area contributed by atoms with Crippen molar-refractivity contribution in [2.45, 2.75) is 13.3 Å². The molecule has 0 fully saturated rings. The van der Waals surface area contributed by atoms with Gasteiger partial charge in [0.05, 0.1) is 11.6 Å². The molecule has 0 radical (unpaired) electrons. The van der Waals surface area contributed by atoms with E-state index in [1.54, 1.807) is 6.07 Å². The number of nitrogens with zero attached hydrogens (tertiary/aromatic N) is 3. The second-order valence-corrected chi connectivity index (χ2v) is 4.89. The smallest absolute Gasteiger partial charge is 0.330 e. The molecule has 1 heterocycles. The molecule has 0 aliphatic heterocycles. The summed E-state index contributed by atoms with van der Waals surface area (Å²) in [5.41, 5.74) is 0. The largest absolute Gasteiger partial charge is 0.467 e. The van der Waals surface area contributed by atoms with Crippen molar-refractivity contribution in [3.05, 3.63) is 28.5 Å². The summed E-state index contributed by atoms with van der Waals surface area (Å²) in [5.74, 6) is 0.189. The van der Waals surface area contributed by atoms with E-state index in [9.17, 15) is 4.39 Å². The van der Waals surface area contributed by atoms with Crippen LogP contribution in [0.2, 0.25) is 0 Å². The molecule has 0 saturated heterocycles. The fourth-order valence-corrected chi connectivity index (χ4v) is 1.77. The molecule has 8 heteroatoms. The predicted octanol–water partition coefficient (Wildman–Crippen LogP) is 3.40. The van der Waals surface area contributed by atoms with Crippen LogP contribution in [0.15, 0.2) is 22.7 Å². The summed E-state index contributed by atoms with van der Waals surface area (Å²) in [7, 11) is 1.45. The van der Waals surface area contributed by atoms with Gasteiger partial charge >= 0.3 is 12.0 Å². The number of methoxy groups -OCH3 is 1. The van der Waals surface area contributed by atoms with Gasteiger partial charge in [-0.15, -0.1) is 4.98 Å². The Balaban J connectivity index is 2.27. The first kappa shape index (κ1) is 15.4. The van der Waals surface area contributed by atoms with Gasteiger partial charge in [-0.2, -0.15) is 9.97 Å². The Kier molecular flexibility index (Phi) is 5.26. The van der Waals surface area contributed by atoms with Crippen LogP contribution in [0, 0.1) is 5.82 Å². The lowest BCUT2D eigenvalue weighted by Gasteiger charge is -2.09. The van der Waals surface area contributed by atoms with Crippen LogP contribution in [0.3, 0.4) is 0 Å². The van der Waals surface area contributed by atoms with E-state index in [2.05, 4.69) is 36.2 Å². The third-order valence-electron chi connectivity index (χ3n) is 2.40. The predicted molar refractivity (Wildman–Crippen MR) is 79.3 cm³/mol. The molecule has 0 aliphatic carbocycles. The van der Waals surface area contributed by atoms with Gasteiger partial charge in [-0.05, 0) is 34.5 Å². The van der Waals surface area contributed by atoms with Crippen molar-refractivity contribution < 1.29 is 13.9 Å². The molecule has 1 aromatic heterocycles. The molecule has 1 aromatic carbocycles. The summed E-state index contributed by atoms with van der Waals surface area (Å²) in [6, 6.07) is 4.23. The van der Waals surface area contributed by atoms with E-state index in [0.717, 1.165) is 6.42 Å². The van der Waals surface area contributed by atoms with Gasteiger partial charge in [0, 0.05) is 12.6 Å². The normalized spacial score (nSPS) is 10.3. The highest BCUT2D eigenvalue weighted by molar-refractivity contribution is 9.10. The van der Waals surface area contributed by atoms with E-state index in [1.165, 1.54) is 19.2 Å². The fourth-order valence-electron chi connectivity index (χ4n) is 1.44. The Morgan fingerprint density at radius 3 is 2.71 bits per heavy atom. The van der Waals surface area contributed by atoms with E-state index in [0.29, 0.717) is 17.0 Å². The van der Waals surface area contributed by atoms with Crippen molar-refractivity contribution in [3.8, 4) is 17.8 Å². The maximum absolute atomic E-state index is 13.3. The summed E-state index contributed by atoms with van der Waals surface area (Å²) in [4.78, 5) is 12.1. The minimum absolute atomic E-state index is 0.0201. The molecule has 0 atom stereocenters. The van der Waals surface area contributed by atoms with Crippen LogP contribution in [0.25, 0.3) is 0 Å². The number of anilines is 1. The highest BCUT2D eigenvalue weighted by Crippen LogP contribution is 2.29. The highest BCUT2D eigenvalue weighted by atomic mass is 79.9. The Bertz CT molecular complexity index is 627. The lowest BCUT2D eigenvalue weighted by Crippen LogP contribution is -2.07. The fraction of sp³-hybridized carbons (Fsp3) is 0.308. The Hall–Kier alpha value is -1.96. The lowest BCUT2D eigenvalue weighted by atomic mass is 10.3. The van der Waals surface area contributed by atoms with Crippen molar-refractivity contribution >= 4 is 21.9 Å². The SMILES string of the molecule is CCCNc1nc(OC)nc(Oc2cc(F)ccc2Br)n1. The molecule has 112 valence electrons. The molecule has 0 spiro atoms.